The molecule has 1 unspecified atom stereocenters. The van der Waals surface area contributed by atoms with Crippen molar-refractivity contribution < 1.29 is 9.47 Å². The molecule has 0 saturated carbocycles. The lowest BCUT2D eigenvalue weighted by molar-refractivity contribution is 0.394. The number of ether oxygens (including phenoxy) is 2. The molecule has 1 aliphatic rings. The van der Waals surface area contributed by atoms with Gasteiger partial charge in [-0.2, -0.15) is 5.10 Å². The van der Waals surface area contributed by atoms with Gasteiger partial charge in [0, 0.05) is 56.6 Å². The molecular weight excluding hydrogens is 358 g/mol. The quantitative estimate of drug-likeness (QED) is 0.544. The van der Waals surface area contributed by atoms with Crippen molar-refractivity contribution in [3.05, 3.63) is 30.4 Å². The number of benzene rings is 1. The van der Waals surface area contributed by atoms with Crippen LogP contribution in [-0.2, 0) is 13.6 Å². The first-order chi connectivity index (χ1) is 13.6. The van der Waals surface area contributed by atoms with Crippen molar-refractivity contribution in [2.75, 3.05) is 38.8 Å². The molecule has 1 fully saturated rings. The Labute approximate surface area is 165 Å². The van der Waals surface area contributed by atoms with Crippen molar-refractivity contribution in [3.63, 3.8) is 0 Å². The van der Waals surface area contributed by atoms with E-state index in [1.54, 1.807) is 25.2 Å². The Hall–Kier alpha value is -2.97. The predicted molar refractivity (Wildman–Crippen MR) is 109 cm³/mol. The van der Waals surface area contributed by atoms with Gasteiger partial charge in [0.2, 0.25) is 0 Å². The highest BCUT2D eigenvalue weighted by molar-refractivity contribution is 5.80. The molecule has 2 N–H and O–H groups in total. The number of nitrogens with zero attached hydrogens (tertiary/aromatic N) is 5. The van der Waals surface area contributed by atoms with Crippen LogP contribution in [-0.4, -0.2) is 60.6 Å². The predicted octanol–water partition coefficient (Wildman–Crippen LogP) is 1.17. The summed E-state index contributed by atoms with van der Waals surface area (Å²) < 4.78 is 12.5. The number of hydrogen-bond donors (Lipinski definition) is 2. The molecule has 152 valence electrons. The Morgan fingerprint density at radius 1 is 1.25 bits per heavy atom. The first kappa shape index (κ1) is 19.8. The Balaban J connectivity index is 1.64. The van der Waals surface area contributed by atoms with Gasteiger partial charge in [0.15, 0.2) is 5.96 Å². The molecule has 0 bridgehead atoms. The van der Waals surface area contributed by atoms with E-state index in [9.17, 15) is 0 Å². The van der Waals surface area contributed by atoms with Gasteiger partial charge in [0.05, 0.1) is 14.2 Å². The van der Waals surface area contributed by atoms with Crippen LogP contribution in [0.4, 0.5) is 5.69 Å². The van der Waals surface area contributed by atoms with E-state index < -0.39 is 0 Å². The lowest BCUT2D eigenvalue weighted by atomic mass is 10.2. The maximum atomic E-state index is 5.39. The van der Waals surface area contributed by atoms with Crippen molar-refractivity contribution in [1.29, 1.82) is 0 Å². The molecule has 9 nitrogen and oxygen atoms in total. The molecule has 1 aromatic carbocycles. The maximum absolute atomic E-state index is 5.39. The zero-order chi connectivity index (χ0) is 19.9. The number of methoxy groups -OCH3 is 2. The molecule has 3 rings (SSSR count). The van der Waals surface area contributed by atoms with Gasteiger partial charge >= 0.3 is 0 Å². The van der Waals surface area contributed by atoms with Crippen LogP contribution in [0.5, 0.6) is 11.5 Å². The molecule has 2 heterocycles. The lowest BCUT2D eigenvalue weighted by Crippen LogP contribution is -2.44. The van der Waals surface area contributed by atoms with Crippen LogP contribution in [0.3, 0.4) is 0 Å². The van der Waals surface area contributed by atoms with Crippen LogP contribution in [0, 0.1) is 0 Å². The van der Waals surface area contributed by atoms with Crippen LogP contribution in [0.2, 0.25) is 0 Å². The minimum atomic E-state index is 0.300. The van der Waals surface area contributed by atoms with Crippen molar-refractivity contribution in [1.82, 2.24) is 25.4 Å². The maximum Gasteiger partial charge on any atom is 0.191 e. The fourth-order valence-corrected chi connectivity index (χ4v) is 3.21. The average Bonchev–Trinajstić information content (AvgIpc) is 3.34. The van der Waals surface area contributed by atoms with Gasteiger partial charge in [-0.3, -0.25) is 4.68 Å². The highest BCUT2D eigenvalue weighted by Gasteiger charge is 2.24. The number of aliphatic imine (C=N–C) groups is 1. The smallest absolute Gasteiger partial charge is 0.191 e. The lowest BCUT2D eigenvalue weighted by Gasteiger charge is -2.21. The third-order valence-electron chi connectivity index (χ3n) is 4.76. The summed E-state index contributed by atoms with van der Waals surface area (Å²) in [6.07, 6.45) is 2.57. The summed E-state index contributed by atoms with van der Waals surface area (Å²) in [6, 6.07) is 6.27. The highest BCUT2D eigenvalue weighted by Crippen LogP contribution is 2.30. The van der Waals surface area contributed by atoms with E-state index in [1.807, 2.05) is 25.2 Å². The highest BCUT2D eigenvalue weighted by atomic mass is 16.5. The minimum absolute atomic E-state index is 0.300. The average molecular weight is 387 g/mol. The van der Waals surface area contributed by atoms with Gasteiger partial charge in [0.1, 0.15) is 30.2 Å². The summed E-state index contributed by atoms with van der Waals surface area (Å²) in [4.78, 5) is 11.2. The van der Waals surface area contributed by atoms with E-state index >= 15 is 0 Å². The molecule has 0 spiro atoms. The molecule has 1 aliphatic heterocycles. The number of nitrogens with one attached hydrogen (secondary N) is 2. The molecule has 28 heavy (non-hydrogen) atoms. The van der Waals surface area contributed by atoms with Gasteiger partial charge in [-0.25, -0.2) is 9.98 Å². The summed E-state index contributed by atoms with van der Waals surface area (Å²) in [5, 5.41) is 10.9. The van der Waals surface area contributed by atoms with Crippen molar-refractivity contribution >= 4 is 11.6 Å². The van der Waals surface area contributed by atoms with Gasteiger partial charge < -0.3 is 25.0 Å². The molecule has 9 heteroatoms. The number of hydrogen-bond acceptors (Lipinski definition) is 6. The summed E-state index contributed by atoms with van der Waals surface area (Å²) in [7, 11) is 5.21. The van der Waals surface area contributed by atoms with Crippen molar-refractivity contribution in [2.24, 2.45) is 12.0 Å². The van der Waals surface area contributed by atoms with E-state index in [-0.39, 0.29) is 0 Å². The Bertz CT molecular complexity index is 783. The summed E-state index contributed by atoms with van der Waals surface area (Å²) in [5.41, 5.74) is 1.10. The van der Waals surface area contributed by atoms with Crippen LogP contribution >= 0.6 is 0 Å². The van der Waals surface area contributed by atoms with E-state index in [1.165, 1.54) is 0 Å². The molecule has 0 amide bonds. The van der Waals surface area contributed by atoms with Crippen molar-refractivity contribution in [2.45, 2.75) is 25.9 Å². The van der Waals surface area contributed by atoms with Gasteiger partial charge in [0.25, 0.3) is 0 Å². The van der Waals surface area contributed by atoms with Gasteiger partial charge in [-0.1, -0.05) is 0 Å². The zero-order valence-corrected chi connectivity index (χ0v) is 17.0. The molecule has 1 aromatic heterocycles. The monoisotopic (exact) mass is 387 g/mol. The molecule has 2 aromatic rings. The molecular formula is C19H29N7O2. The first-order valence-corrected chi connectivity index (χ1v) is 9.48. The molecule has 0 radical (unpaired) electrons. The zero-order valence-electron chi connectivity index (χ0n) is 17.0. The Morgan fingerprint density at radius 2 is 2.00 bits per heavy atom. The number of guanidine groups is 1. The third kappa shape index (κ3) is 4.85. The molecule has 1 atom stereocenters. The molecule has 1 saturated heterocycles. The third-order valence-corrected chi connectivity index (χ3v) is 4.76. The van der Waals surface area contributed by atoms with E-state index in [0.29, 0.717) is 12.6 Å². The van der Waals surface area contributed by atoms with E-state index in [4.69, 9.17) is 9.47 Å². The Morgan fingerprint density at radius 3 is 2.61 bits per heavy atom. The second-order valence-corrected chi connectivity index (χ2v) is 6.64. The standard InChI is InChI=1S/C19H29N7O2/c1-5-20-19(21-11-18-22-13-23-25(18)2)24-14-6-7-26(12-14)15-8-16(27-3)10-17(9-15)28-4/h8-10,13-14H,5-7,11-12H2,1-4H3,(H2,20,21,24). The summed E-state index contributed by atoms with van der Waals surface area (Å²) in [6.45, 7) is 5.17. The van der Waals surface area contributed by atoms with E-state index in [2.05, 4.69) is 37.5 Å². The van der Waals surface area contributed by atoms with E-state index in [0.717, 1.165) is 55.0 Å². The van der Waals surface area contributed by atoms with Gasteiger partial charge in [-0.15, -0.1) is 0 Å². The Kier molecular flexibility index (Phi) is 6.57. The molecule has 0 aliphatic carbocycles. The second kappa shape index (κ2) is 9.29. The number of aryl methyl sites for hydroxylation is 1. The number of rotatable bonds is 7. The topological polar surface area (TPSA) is 88.8 Å². The van der Waals surface area contributed by atoms with Crippen LogP contribution < -0.4 is 25.0 Å². The van der Waals surface area contributed by atoms with Crippen LogP contribution in [0.15, 0.2) is 29.5 Å². The second-order valence-electron chi connectivity index (χ2n) is 6.64. The van der Waals surface area contributed by atoms with Crippen LogP contribution in [0.1, 0.15) is 19.2 Å². The van der Waals surface area contributed by atoms with Crippen molar-refractivity contribution in [3.8, 4) is 11.5 Å². The number of anilines is 1. The largest absolute Gasteiger partial charge is 0.497 e. The normalized spacial score (nSPS) is 16.9. The minimum Gasteiger partial charge on any atom is -0.497 e. The first-order valence-electron chi connectivity index (χ1n) is 9.48. The summed E-state index contributed by atoms with van der Waals surface area (Å²) >= 11 is 0. The summed E-state index contributed by atoms with van der Waals surface area (Å²) in [5.74, 6) is 3.21. The fraction of sp³-hybridized carbons (Fsp3) is 0.526. The number of aromatic nitrogens is 3. The fourth-order valence-electron chi connectivity index (χ4n) is 3.21. The van der Waals surface area contributed by atoms with Gasteiger partial charge in [-0.05, 0) is 13.3 Å². The van der Waals surface area contributed by atoms with Crippen LogP contribution in [0.25, 0.3) is 0 Å². The SMILES string of the molecule is CCNC(=NCc1ncnn1C)NC1CCN(c2cc(OC)cc(OC)c2)C1.